The van der Waals surface area contributed by atoms with Gasteiger partial charge in [-0.15, -0.1) is 0 Å². The van der Waals surface area contributed by atoms with Gasteiger partial charge in [-0.3, -0.25) is 0 Å². The van der Waals surface area contributed by atoms with Gasteiger partial charge in [0.15, 0.2) is 0 Å². The standard InChI is InChI=1S/C17H19N/c1-14(13-15-7-3-2-4-8-15)11-12-16-9-5-6-10-17(16)18/h2-11H,12-13,18H2,1H3/b14-11-. The van der Waals surface area contributed by atoms with Crippen LogP contribution < -0.4 is 5.73 Å². The summed E-state index contributed by atoms with van der Waals surface area (Å²) in [5, 5.41) is 0. The average Bonchev–Trinajstić information content (AvgIpc) is 2.39. The van der Waals surface area contributed by atoms with Crippen LogP contribution in [0.3, 0.4) is 0 Å². The van der Waals surface area contributed by atoms with E-state index in [9.17, 15) is 0 Å². The van der Waals surface area contributed by atoms with Gasteiger partial charge in [0.2, 0.25) is 0 Å². The molecule has 0 bridgehead atoms. The largest absolute Gasteiger partial charge is 0.398 e. The Bertz CT molecular complexity index is 526. The minimum Gasteiger partial charge on any atom is -0.398 e. The third-order valence-electron chi connectivity index (χ3n) is 3.05. The Kier molecular flexibility index (Phi) is 4.19. The summed E-state index contributed by atoms with van der Waals surface area (Å²) < 4.78 is 0. The zero-order valence-electron chi connectivity index (χ0n) is 10.8. The summed E-state index contributed by atoms with van der Waals surface area (Å²) in [6.45, 7) is 2.17. The molecule has 0 amide bonds. The second kappa shape index (κ2) is 6.06. The van der Waals surface area contributed by atoms with E-state index >= 15 is 0 Å². The molecule has 2 aromatic rings. The molecule has 2 rings (SSSR count). The third-order valence-corrected chi connectivity index (χ3v) is 3.05. The fraction of sp³-hybridized carbons (Fsp3) is 0.176. The number of benzene rings is 2. The first-order valence-electron chi connectivity index (χ1n) is 6.28. The van der Waals surface area contributed by atoms with Crippen LogP contribution in [0, 0.1) is 0 Å². The van der Waals surface area contributed by atoms with Crippen LogP contribution in [0.25, 0.3) is 0 Å². The summed E-state index contributed by atoms with van der Waals surface area (Å²) >= 11 is 0. The van der Waals surface area contributed by atoms with E-state index in [1.807, 2.05) is 24.3 Å². The van der Waals surface area contributed by atoms with Crippen LogP contribution in [0.2, 0.25) is 0 Å². The molecule has 0 aliphatic carbocycles. The quantitative estimate of drug-likeness (QED) is 0.631. The van der Waals surface area contributed by atoms with Crippen molar-refractivity contribution in [2.24, 2.45) is 0 Å². The van der Waals surface area contributed by atoms with Crippen molar-refractivity contribution in [1.82, 2.24) is 0 Å². The van der Waals surface area contributed by atoms with Crippen molar-refractivity contribution in [1.29, 1.82) is 0 Å². The van der Waals surface area contributed by atoms with Crippen LogP contribution in [0.1, 0.15) is 18.1 Å². The maximum atomic E-state index is 5.93. The van der Waals surface area contributed by atoms with Gasteiger partial charge in [0.05, 0.1) is 0 Å². The predicted octanol–water partition coefficient (Wildman–Crippen LogP) is 4.00. The number of nitrogen functional groups attached to an aromatic ring is 1. The maximum Gasteiger partial charge on any atom is 0.0349 e. The smallest absolute Gasteiger partial charge is 0.0349 e. The summed E-state index contributed by atoms with van der Waals surface area (Å²) in [5.41, 5.74) is 10.7. The van der Waals surface area contributed by atoms with Crippen molar-refractivity contribution in [2.45, 2.75) is 19.8 Å². The minimum absolute atomic E-state index is 0.876. The summed E-state index contributed by atoms with van der Waals surface area (Å²) in [5.74, 6) is 0. The molecule has 0 saturated carbocycles. The molecule has 2 N–H and O–H groups in total. The molecule has 0 aromatic heterocycles. The maximum absolute atomic E-state index is 5.93. The first kappa shape index (κ1) is 12.4. The first-order valence-corrected chi connectivity index (χ1v) is 6.28. The molecule has 0 radical (unpaired) electrons. The van der Waals surface area contributed by atoms with Crippen molar-refractivity contribution in [2.75, 3.05) is 5.73 Å². The zero-order valence-corrected chi connectivity index (χ0v) is 10.8. The fourth-order valence-corrected chi connectivity index (χ4v) is 1.99. The highest BCUT2D eigenvalue weighted by Crippen LogP contribution is 2.14. The van der Waals surface area contributed by atoms with E-state index in [0.29, 0.717) is 0 Å². The summed E-state index contributed by atoms with van der Waals surface area (Å²) in [6.07, 6.45) is 4.18. The molecular formula is C17H19N. The van der Waals surface area contributed by atoms with Crippen molar-refractivity contribution in [3.05, 3.63) is 77.4 Å². The average molecular weight is 237 g/mol. The van der Waals surface area contributed by atoms with E-state index in [2.05, 4.69) is 43.3 Å². The lowest BCUT2D eigenvalue weighted by atomic mass is 10.0. The minimum atomic E-state index is 0.876. The molecule has 0 aliphatic heterocycles. The van der Waals surface area contributed by atoms with Crippen LogP contribution in [-0.2, 0) is 12.8 Å². The Balaban J connectivity index is 2.00. The van der Waals surface area contributed by atoms with Crippen LogP contribution in [-0.4, -0.2) is 0 Å². The van der Waals surface area contributed by atoms with E-state index in [4.69, 9.17) is 5.73 Å². The Morgan fingerprint density at radius 2 is 1.67 bits per heavy atom. The Morgan fingerprint density at radius 1 is 1.00 bits per heavy atom. The number of hydrogen-bond acceptors (Lipinski definition) is 1. The number of para-hydroxylation sites is 1. The van der Waals surface area contributed by atoms with Gasteiger partial charge in [0, 0.05) is 5.69 Å². The number of hydrogen-bond donors (Lipinski definition) is 1. The van der Waals surface area contributed by atoms with E-state index < -0.39 is 0 Å². The molecule has 0 heterocycles. The highest BCUT2D eigenvalue weighted by Gasteiger charge is 1.97. The third kappa shape index (κ3) is 3.49. The highest BCUT2D eigenvalue weighted by molar-refractivity contribution is 5.47. The lowest BCUT2D eigenvalue weighted by Gasteiger charge is -2.04. The lowest BCUT2D eigenvalue weighted by Crippen LogP contribution is -1.93. The first-order chi connectivity index (χ1) is 8.75. The molecule has 0 atom stereocenters. The van der Waals surface area contributed by atoms with Crippen LogP contribution in [0.5, 0.6) is 0 Å². The molecule has 92 valence electrons. The SMILES string of the molecule is C/C(=C/Cc1ccccc1N)Cc1ccccc1. The molecule has 1 heteroatoms. The fourth-order valence-electron chi connectivity index (χ4n) is 1.99. The Labute approximate surface area is 109 Å². The molecule has 0 spiro atoms. The van der Waals surface area contributed by atoms with Gasteiger partial charge in [-0.1, -0.05) is 60.2 Å². The molecule has 0 fully saturated rings. The van der Waals surface area contributed by atoms with E-state index in [0.717, 1.165) is 18.5 Å². The van der Waals surface area contributed by atoms with Gasteiger partial charge >= 0.3 is 0 Å². The Morgan fingerprint density at radius 3 is 2.39 bits per heavy atom. The van der Waals surface area contributed by atoms with Gasteiger partial charge in [-0.2, -0.15) is 0 Å². The zero-order chi connectivity index (χ0) is 12.8. The number of rotatable bonds is 4. The molecule has 2 aromatic carbocycles. The summed E-state index contributed by atoms with van der Waals surface area (Å²) in [7, 11) is 0. The molecule has 0 aliphatic rings. The van der Waals surface area contributed by atoms with Crippen LogP contribution in [0.15, 0.2) is 66.2 Å². The van der Waals surface area contributed by atoms with Gasteiger partial charge in [0.1, 0.15) is 0 Å². The predicted molar refractivity (Wildman–Crippen MR) is 78.5 cm³/mol. The monoisotopic (exact) mass is 237 g/mol. The van der Waals surface area contributed by atoms with Crippen molar-refractivity contribution in [3.63, 3.8) is 0 Å². The molecule has 0 unspecified atom stereocenters. The second-order valence-corrected chi connectivity index (χ2v) is 4.62. The van der Waals surface area contributed by atoms with Gasteiger partial charge in [-0.25, -0.2) is 0 Å². The van der Waals surface area contributed by atoms with E-state index in [1.165, 1.54) is 16.7 Å². The van der Waals surface area contributed by atoms with Gasteiger partial charge < -0.3 is 5.73 Å². The molecule has 18 heavy (non-hydrogen) atoms. The molecule has 1 nitrogen and oxygen atoms in total. The van der Waals surface area contributed by atoms with Gasteiger partial charge in [0.25, 0.3) is 0 Å². The number of nitrogens with two attached hydrogens (primary N) is 1. The van der Waals surface area contributed by atoms with E-state index in [-0.39, 0.29) is 0 Å². The summed E-state index contributed by atoms with van der Waals surface area (Å²) in [6, 6.07) is 18.6. The van der Waals surface area contributed by atoms with Crippen molar-refractivity contribution < 1.29 is 0 Å². The number of anilines is 1. The normalized spacial score (nSPS) is 11.5. The van der Waals surface area contributed by atoms with E-state index in [1.54, 1.807) is 0 Å². The second-order valence-electron chi connectivity index (χ2n) is 4.62. The van der Waals surface area contributed by atoms with Gasteiger partial charge in [-0.05, 0) is 37.0 Å². The Hall–Kier alpha value is -2.02. The van der Waals surface area contributed by atoms with Crippen molar-refractivity contribution >= 4 is 5.69 Å². The lowest BCUT2D eigenvalue weighted by molar-refractivity contribution is 1.10. The molecule has 0 saturated heterocycles. The topological polar surface area (TPSA) is 26.0 Å². The molecular weight excluding hydrogens is 218 g/mol. The van der Waals surface area contributed by atoms with Crippen LogP contribution in [0.4, 0.5) is 5.69 Å². The highest BCUT2D eigenvalue weighted by atomic mass is 14.5. The van der Waals surface area contributed by atoms with Crippen molar-refractivity contribution in [3.8, 4) is 0 Å². The summed E-state index contributed by atoms with van der Waals surface area (Å²) in [4.78, 5) is 0. The van der Waals surface area contributed by atoms with Crippen LogP contribution >= 0.6 is 0 Å². The number of allylic oxidation sites excluding steroid dienone is 2.